The van der Waals surface area contributed by atoms with Gasteiger partial charge in [0.2, 0.25) is 0 Å². The molecule has 0 bridgehead atoms. The Hall–Kier alpha value is -2.82. The number of hydrogen-bond acceptors (Lipinski definition) is 8. The Morgan fingerprint density at radius 3 is 2.51 bits per heavy atom. The van der Waals surface area contributed by atoms with Crippen LogP contribution >= 0.6 is 0 Å². The van der Waals surface area contributed by atoms with E-state index in [0.29, 0.717) is 18.9 Å². The van der Waals surface area contributed by atoms with Crippen LogP contribution in [0.25, 0.3) is 0 Å². The highest BCUT2D eigenvalue weighted by atomic mass is 16.7. The molecule has 1 amide bonds. The predicted molar refractivity (Wildman–Crippen MR) is 137 cm³/mol. The molecule has 2 heterocycles. The predicted octanol–water partition coefficient (Wildman–Crippen LogP) is 3.19. The Labute approximate surface area is 217 Å². The molecule has 2 aliphatic rings. The Balaban J connectivity index is 1.55. The minimum absolute atomic E-state index is 0.0126. The molecule has 5 atom stereocenters. The van der Waals surface area contributed by atoms with E-state index in [0.717, 1.165) is 36.3 Å². The first-order valence-corrected chi connectivity index (χ1v) is 12.7. The lowest BCUT2D eigenvalue weighted by Gasteiger charge is -2.43. The number of nitrogens with one attached hydrogen (secondary N) is 1. The van der Waals surface area contributed by atoms with Gasteiger partial charge in [-0.2, -0.15) is 0 Å². The molecule has 2 saturated heterocycles. The number of morpholine rings is 1. The summed E-state index contributed by atoms with van der Waals surface area (Å²) in [7, 11) is 0. The molecule has 37 heavy (non-hydrogen) atoms. The minimum Gasteiger partial charge on any atom is -0.453 e. The molecule has 0 aliphatic carbocycles. The molecule has 0 radical (unpaired) electrons. The second-order valence-corrected chi connectivity index (χ2v) is 9.60. The highest BCUT2D eigenvalue weighted by molar-refractivity contribution is 5.95. The number of anilines is 1. The highest BCUT2D eigenvalue weighted by Crippen LogP contribution is 2.42. The summed E-state index contributed by atoms with van der Waals surface area (Å²) in [5.74, 6) is -0.857. The second-order valence-electron chi connectivity index (χ2n) is 9.60. The second kappa shape index (κ2) is 12.6. The zero-order valence-electron chi connectivity index (χ0n) is 21.6. The van der Waals surface area contributed by atoms with Crippen LogP contribution in [0.1, 0.15) is 49.9 Å². The maximum Gasteiger partial charge on any atom is 0.303 e. The van der Waals surface area contributed by atoms with E-state index in [1.54, 1.807) is 6.07 Å². The maximum atomic E-state index is 12.5. The molecule has 0 spiro atoms. The minimum atomic E-state index is -0.909. The van der Waals surface area contributed by atoms with Crippen molar-refractivity contribution in [2.45, 2.75) is 52.0 Å². The largest absolute Gasteiger partial charge is 0.453 e. The summed E-state index contributed by atoms with van der Waals surface area (Å²) in [4.78, 5) is 26.0. The average Bonchev–Trinajstić information content (AvgIpc) is 2.90. The van der Waals surface area contributed by atoms with Crippen molar-refractivity contribution in [2.75, 3.05) is 38.2 Å². The number of amides is 1. The van der Waals surface area contributed by atoms with Gasteiger partial charge in [0.05, 0.1) is 32.0 Å². The van der Waals surface area contributed by atoms with Crippen LogP contribution in [0.4, 0.5) is 5.69 Å². The molecule has 2 aromatic rings. The number of aliphatic hydroxyl groups excluding tert-OH is 1. The molecule has 2 fully saturated rings. The Morgan fingerprint density at radius 1 is 1.11 bits per heavy atom. The number of benzene rings is 2. The third-order valence-corrected chi connectivity index (χ3v) is 6.80. The Morgan fingerprint density at radius 2 is 1.84 bits per heavy atom. The van der Waals surface area contributed by atoms with Crippen molar-refractivity contribution in [1.29, 1.82) is 0 Å². The van der Waals surface area contributed by atoms with Crippen molar-refractivity contribution in [3.05, 3.63) is 65.2 Å². The molecular formula is C28H36N2O7. The molecule has 0 unspecified atom stereocenters. The number of aliphatic hydroxyl groups is 1. The van der Waals surface area contributed by atoms with Gasteiger partial charge in [0.15, 0.2) is 12.4 Å². The van der Waals surface area contributed by atoms with Gasteiger partial charge in [0.1, 0.15) is 0 Å². The van der Waals surface area contributed by atoms with Crippen LogP contribution in [0, 0.1) is 5.92 Å². The number of ether oxygens (including phenoxy) is 4. The lowest BCUT2D eigenvalue weighted by Crippen LogP contribution is -2.47. The van der Waals surface area contributed by atoms with Crippen molar-refractivity contribution in [3.63, 3.8) is 0 Å². The molecule has 4 rings (SSSR count). The van der Waals surface area contributed by atoms with Gasteiger partial charge < -0.3 is 29.4 Å². The molecule has 200 valence electrons. The van der Waals surface area contributed by atoms with Gasteiger partial charge in [0.25, 0.3) is 5.91 Å². The van der Waals surface area contributed by atoms with E-state index in [1.807, 2.05) is 42.5 Å². The summed E-state index contributed by atoms with van der Waals surface area (Å²) in [5.41, 5.74) is 3.19. The van der Waals surface area contributed by atoms with Crippen LogP contribution in [0.5, 0.6) is 0 Å². The number of esters is 1. The van der Waals surface area contributed by atoms with Gasteiger partial charge in [-0.05, 0) is 30.2 Å². The molecule has 2 aliphatic heterocycles. The van der Waals surface area contributed by atoms with E-state index in [4.69, 9.17) is 18.9 Å². The van der Waals surface area contributed by atoms with E-state index in [-0.39, 0.29) is 24.7 Å². The van der Waals surface area contributed by atoms with Crippen molar-refractivity contribution in [1.82, 2.24) is 4.90 Å². The van der Waals surface area contributed by atoms with Gasteiger partial charge in [-0.1, -0.05) is 43.3 Å². The standard InChI is InChI=1S/C28H36N2O7/c1-18-25(16-30-11-13-34-14-12-30)36-28(37-26(18)22-9-7-21(17-31)8-10-22)23-5-4-6-24(15-23)29-27(33)19(2)35-20(3)32/h4-10,15,18-19,25-26,28,31H,11-14,16-17H2,1-3H3,(H,29,33)/t18-,19+,25+,26+,28+/m1/s1. The first-order chi connectivity index (χ1) is 17.8. The van der Waals surface area contributed by atoms with E-state index < -0.39 is 24.3 Å². The van der Waals surface area contributed by atoms with E-state index in [9.17, 15) is 14.7 Å². The summed E-state index contributed by atoms with van der Waals surface area (Å²) in [6, 6.07) is 15.1. The van der Waals surface area contributed by atoms with Crippen LogP contribution in [0.2, 0.25) is 0 Å². The fourth-order valence-corrected chi connectivity index (χ4v) is 4.68. The smallest absolute Gasteiger partial charge is 0.303 e. The molecule has 9 heteroatoms. The number of carbonyl (C=O) groups is 2. The van der Waals surface area contributed by atoms with Crippen molar-refractivity contribution in [3.8, 4) is 0 Å². The summed E-state index contributed by atoms with van der Waals surface area (Å²) < 4.78 is 23.5. The number of nitrogens with zero attached hydrogens (tertiary/aromatic N) is 1. The van der Waals surface area contributed by atoms with Crippen molar-refractivity contribution >= 4 is 17.6 Å². The van der Waals surface area contributed by atoms with Crippen LogP contribution in [0.15, 0.2) is 48.5 Å². The molecular weight excluding hydrogens is 476 g/mol. The zero-order chi connectivity index (χ0) is 26.4. The fraction of sp³-hybridized carbons (Fsp3) is 0.500. The summed E-state index contributed by atoms with van der Waals surface area (Å²) >= 11 is 0. The first-order valence-electron chi connectivity index (χ1n) is 12.7. The third-order valence-electron chi connectivity index (χ3n) is 6.80. The quantitative estimate of drug-likeness (QED) is 0.520. The lowest BCUT2D eigenvalue weighted by atomic mass is 9.90. The zero-order valence-corrected chi connectivity index (χ0v) is 21.6. The van der Waals surface area contributed by atoms with E-state index in [2.05, 4.69) is 17.1 Å². The van der Waals surface area contributed by atoms with Crippen molar-refractivity contribution < 1.29 is 33.6 Å². The van der Waals surface area contributed by atoms with Gasteiger partial charge in [-0.25, -0.2) is 0 Å². The topological polar surface area (TPSA) is 107 Å². The molecule has 0 saturated carbocycles. The van der Waals surface area contributed by atoms with E-state index in [1.165, 1.54) is 13.8 Å². The monoisotopic (exact) mass is 512 g/mol. The maximum absolute atomic E-state index is 12.5. The lowest BCUT2D eigenvalue weighted by molar-refractivity contribution is -0.277. The van der Waals surface area contributed by atoms with Gasteiger partial charge in [0, 0.05) is 43.7 Å². The van der Waals surface area contributed by atoms with E-state index >= 15 is 0 Å². The summed E-state index contributed by atoms with van der Waals surface area (Å²) in [6.07, 6.45) is -1.87. The molecule has 2 N–H and O–H groups in total. The van der Waals surface area contributed by atoms with Crippen molar-refractivity contribution in [2.24, 2.45) is 5.92 Å². The number of carbonyl (C=O) groups excluding carboxylic acids is 2. The van der Waals surface area contributed by atoms with Gasteiger partial charge >= 0.3 is 5.97 Å². The molecule has 9 nitrogen and oxygen atoms in total. The average molecular weight is 513 g/mol. The number of rotatable bonds is 8. The third kappa shape index (κ3) is 7.15. The van der Waals surface area contributed by atoms with Gasteiger partial charge in [-0.15, -0.1) is 0 Å². The molecule has 2 aromatic carbocycles. The Kier molecular flexibility index (Phi) is 9.28. The van der Waals surface area contributed by atoms with Crippen LogP contribution in [-0.2, 0) is 35.1 Å². The van der Waals surface area contributed by atoms with Crippen LogP contribution in [-0.4, -0.2) is 66.9 Å². The summed E-state index contributed by atoms with van der Waals surface area (Å²) in [5, 5.41) is 12.2. The van der Waals surface area contributed by atoms with Crippen LogP contribution in [0.3, 0.4) is 0 Å². The first kappa shape index (κ1) is 27.2. The Bertz CT molecular complexity index is 1050. The summed E-state index contributed by atoms with van der Waals surface area (Å²) in [6.45, 7) is 8.81. The SMILES string of the molecule is CC(=O)O[C@@H](C)C(=O)Nc1cccc([C@H]2O[C@@H](CN3CCOCC3)[C@@H](C)[C@@H](c3ccc(CO)cc3)O2)c1. The van der Waals surface area contributed by atoms with Crippen LogP contribution < -0.4 is 5.32 Å². The number of hydrogen-bond donors (Lipinski definition) is 2. The van der Waals surface area contributed by atoms with Gasteiger partial charge in [-0.3, -0.25) is 14.5 Å². The fourth-order valence-electron chi connectivity index (χ4n) is 4.68. The normalized spacial score (nSPS) is 25.3. The highest BCUT2D eigenvalue weighted by Gasteiger charge is 2.39. The molecule has 0 aromatic heterocycles.